The fourth-order valence-electron chi connectivity index (χ4n) is 1.40. The zero-order valence-electron chi connectivity index (χ0n) is 9.44. The van der Waals surface area contributed by atoms with Gasteiger partial charge in [-0.1, -0.05) is 19.1 Å². The Morgan fingerprint density at radius 2 is 2.31 bits per heavy atom. The Morgan fingerprint density at radius 3 is 2.94 bits per heavy atom. The SMILES string of the molecule is CCCOc1cccc([C@@H]([NH3+])CC(=O)[O-])c1. The summed E-state index contributed by atoms with van der Waals surface area (Å²) in [4.78, 5) is 10.5. The second-order valence-electron chi connectivity index (χ2n) is 3.69. The molecule has 16 heavy (non-hydrogen) atoms. The van der Waals surface area contributed by atoms with Gasteiger partial charge < -0.3 is 20.4 Å². The number of carbonyl (C=O) groups excluding carboxylic acids is 1. The van der Waals surface area contributed by atoms with Gasteiger partial charge in [0.05, 0.1) is 6.61 Å². The number of carboxylic acid groups (broad SMARTS) is 1. The molecule has 0 aliphatic heterocycles. The molecular formula is C12H17NO3. The molecule has 0 saturated carbocycles. The van der Waals surface area contributed by atoms with Gasteiger partial charge in [-0.3, -0.25) is 0 Å². The van der Waals surface area contributed by atoms with Crippen molar-refractivity contribution in [1.29, 1.82) is 0 Å². The number of hydrogen-bond donors (Lipinski definition) is 1. The molecule has 4 nitrogen and oxygen atoms in total. The molecule has 0 bridgehead atoms. The molecule has 0 saturated heterocycles. The zero-order chi connectivity index (χ0) is 12.0. The second kappa shape index (κ2) is 6.12. The average Bonchev–Trinajstić information content (AvgIpc) is 2.26. The number of hydrogen-bond acceptors (Lipinski definition) is 3. The van der Waals surface area contributed by atoms with Crippen molar-refractivity contribution in [2.24, 2.45) is 0 Å². The van der Waals surface area contributed by atoms with E-state index in [4.69, 9.17) is 4.74 Å². The van der Waals surface area contributed by atoms with E-state index in [0.29, 0.717) is 6.61 Å². The molecule has 0 aromatic heterocycles. The summed E-state index contributed by atoms with van der Waals surface area (Å²) >= 11 is 0. The fourth-order valence-corrected chi connectivity index (χ4v) is 1.40. The third-order valence-corrected chi connectivity index (χ3v) is 2.22. The molecule has 0 fully saturated rings. The van der Waals surface area contributed by atoms with Crippen LogP contribution < -0.4 is 15.6 Å². The first-order chi connectivity index (χ1) is 7.63. The van der Waals surface area contributed by atoms with Crippen LogP contribution >= 0.6 is 0 Å². The van der Waals surface area contributed by atoms with Crippen LogP contribution in [0, 0.1) is 0 Å². The molecule has 88 valence electrons. The van der Waals surface area contributed by atoms with E-state index in [1.165, 1.54) is 0 Å². The van der Waals surface area contributed by atoms with Crippen molar-refractivity contribution in [2.75, 3.05) is 6.61 Å². The quantitative estimate of drug-likeness (QED) is 0.731. The average molecular weight is 223 g/mol. The van der Waals surface area contributed by atoms with Crippen molar-refractivity contribution in [3.05, 3.63) is 29.8 Å². The van der Waals surface area contributed by atoms with E-state index < -0.39 is 5.97 Å². The largest absolute Gasteiger partial charge is 0.550 e. The van der Waals surface area contributed by atoms with E-state index in [9.17, 15) is 9.90 Å². The van der Waals surface area contributed by atoms with E-state index in [-0.39, 0.29) is 12.5 Å². The first-order valence-corrected chi connectivity index (χ1v) is 5.39. The summed E-state index contributed by atoms with van der Waals surface area (Å²) in [5.74, 6) is -0.328. The Morgan fingerprint density at radius 1 is 1.56 bits per heavy atom. The number of carboxylic acids is 1. The number of quaternary nitrogens is 1. The van der Waals surface area contributed by atoms with Crippen LogP contribution in [0.3, 0.4) is 0 Å². The lowest BCUT2D eigenvalue weighted by Crippen LogP contribution is -2.55. The maximum atomic E-state index is 10.5. The predicted molar refractivity (Wildman–Crippen MR) is 57.5 cm³/mol. The van der Waals surface area contributed by atoms with Gasteiger partial charge in [-0.05, 0) is 18.6 Å². The third kappa shape index (κ3) is 3.90. The van der Waals surface area contributed by atoms with Gasteiger partial charge >= 0.3 is 0 Å². The molecular weight excluding hydrogens is 206 g/mol. The molecule has 3 N–H and O–H groups in total. The van der Waals surface area contributed by atoms with E-state index in [2.05, 4.69) is 5.73 Å². The molecule has 1 aromatic rings. The highest BCUT2D eigenvalue weighted by molar-refractivity contribution is 5.65. The standard InChI is InChI=1S/C12H17NO3/c1-2-6-16-10-5-3-4-9(7-10)11(13)8-12(14)15/h3-5,7,11H,2,6,8,13H2,1H3,(H,14,15)/t11-/m0/s1. The van der Waals surface area contributed by atoms with Crippen LogP contribution in [0.15, 0.2) is 24.3 Å². The van der Waals surface area contributed by atoms with Gasteiger partial charge in [0.15, 0.2) is 0 Å². The summed E-state index contributed by atoms with van der Waals surface area (Å²) in [6, 6.07) is 7.07. The minimum Gasteiger partial charge on any atom is -0.550 e. The van der Waals surface area contributed by atoms with Gasteiger partial charge in [0.25, 0.3) is 0 Å². The second-order valence-corrected chi connectivity index (χ2v) is 3.69. The normalized spacial score (nSPS) is 12.1. The van der Waals surface area contributed by atoms with Crippen LogP contribution in [0.2, 0.25) is 0 Å². The Balaban J connectivity index is 2.69. The summed E-state index contributed by atoms with van der Waals surface area (Å²) in [5.41, 5.74) is 4.65. The molecule has 0 spiro atoms. The fraction of sp³-hybridized carbons (Fsp3) is 0.417. The van der Waals surface area contributed by atoms with Crippen molar-refractivity contribution < 1.29 is 20.4 Å². The zero-order valence-corrected chi connectivity index (χ0v) is 9.44. The van der Waals surface area contributed by atoms with Crippen LogP contribution in [-0.2, 0) is 4.79 Å². The van der Waals surface area contributed by atoms with Gasteiger partial charge in [0.2, 0.25) is 0 Å². The van der Waals surface area contributed by atoms with E-state index in [0.717, 1.165) is 17.7 Å². The summed E-state index contributed by atoms with van der Waals surface area (Å²) in [6.07, 6.45) is 0.869. The first-order valence-electron chi connectivity index (χ1n) is 5.39. The van der Waals surface area contributed by atoms with Crippen LogP contribution in [0.5, 0.6) is 5.75 Å². The summed E-state index contributed by atoms with van der Waals surface area (Å²) in [5, 5.41) is 10.5. The van der Waals surface area contributed by atoms with Crippen LogP contribution in [0.1, 0.15) is 31.4 Å². The van der Waals surface area contributed by atoms with Gasteiger partial charge in [-0.15, -0.1) is 0 Å². The van der Waals surface area contributed by atoms with Crippen molar-refractivity contribution in [2.45, 2.75) is 25.8 Å². The molecule has 0 radical (unpaired) electrons. The van der Waals surface area contributed by atoms with Gasteiger partial charge in [0, 0.05) is 18.0 Å². The monoisotopic (exact) mass is 223 g/mol. The Kier molecular flexibility index (Phi) is 4.79. The number of rotatable bonds is 6. The highest BCUT2D eigenvalue weighted by Crippen LogP contribution is 2.18. The lowest BCUT2D eigenvalue weighted by Gasteiger charge is -2.11. The van der Waals surface area contributed by atoms with E-state index >= 15 is 0 Å². The number of carbonyl (C=O) groups is 1. The van der Waals surface area contributed by atoms with Crippen molar-refractivity contribution in [3.8, 4) is 5.75 Å². The third-order valence-electron chi connectivity index (χ3n) is 2.22. The smallest absolute Gasteiger partial charge is 0.119 e. The lowest BCUT2D eigenvalue weighted by molar-refractivity contribution is -0.430. The van der Waals surface area contributed by atoms with Crippen LogP contribution in [-0.4, -0.2) is 12.6 Å². The maximum absolute atomic E-state index is 10.5. The Hall–Kier alpha value is -1.55. The number of ether oxygens (including phenoxy) is 1. The number of benzene rings is 1. The van der Waals surface area contributed by atoms with Crippen molar-refractivity contribution in [3.63, 3.8) is 0 Å². The Bertz CT molecular complexity index is 352. The molecule has 0 unspecified atom stereocenters. The summed E-state index contributed by atoms with van der Waals surface area (Å²) in [6.45, 7) is 2.69. The molecule has 4 heteroatoms. The van der Waals surface area contributed by atoms with Gasteiger partial charge in [-0.2, -0.15) is 0 Å². The molecule has 0 heterocycles. The maximum Gasteiger partial charge on any atom is 0.119 e. The number of aliphatic carboxylic acids is 1. The Labute approximate surface area is 95.0 Å². The molecule has 1 rings (SSSR count). The molecule has 1 atom stereocenters. The predicted octanol–water partition coefficient (Wildman–Crippen LogP) is -0.102. The van der Waals surface area contributed by atoms with Gasteiger partial charge in [-0.25, -0.2) is 0 Å². The van der Waals surface area contributed by atoms with Crippen molar-refractivity contribution in [1.82, 2.24) is 0 Å². The minimum absolute atomic E-state index is 0.0722. The molecule has 1 aromatic carbocycles. The summed E-state index contributed by atoms with van der Waals surface area (Å²) in [7, 11) is 0. The molecule has 0 aliphatic rings. The van der Waals surface area contributed by atoms with E-state index in [1.54, 1.807) is 0 Å². The van der Waals surface area contributed by atoms with Crippen LogP contribution in [0.25, 0.3) is 0 Å². The molecule has 0 aliphatic carbocycles. The van der Waals surface area contributed by atoms with Crippen LogP contribution in [0.4, 0.5) is 0 Å². The molecule has 0 amide bonds. The summed E-state index contributed by atoms with van der Waals surface area (Å²) < 4.78 is 5.46. The topological polar surface area (TPSA) is 77.0 Å². The van der Waals surface area contributed by atoms with Gasteiger partial charge in [0.1, 0.15) is 11.8 Å². The van der Waals surface area contributed by atoms with E-state index in [1.807, 2.05) is 31.2 Å². The first kappa shape index (κ1) is 12.5. The highest BCUT2D eigenvalue weighted by Gasteiger charge is 2.10. The lowest BCUT2D eigenvalue weighted by atomic mass is 10.0. The van der Waals surface area contributed by atoms with Crippen molar-refractivity contribution >= 4 is 5.97 Å². The highest BCUT2D eigenvalue weighted by atomic mass is 16.5. The minimum atomic E-state index is -1.08.